The van der Waals surface area contributed by atoms with Crippen LogP contribution in [-0.4, -0.2) is 54.3 Å². The maximum atomic E-state index is 12.5. The highest BCUT2D eigenvalue weighted by Crippen LogP contribution is 2.38. The van der Waals surface area contributed by atoms with Crippen LogP contribution in [0.15, 0.2) is 42.5 Å². The SMILES string of the molecule is COc1ccccc1[C@@]1(O)CCCN(C[C@@H](O)c2ccc3c(c2)CCN3C(=O)C(C)C)C1. The molecule has 0 unspecified atom stereocenters. The van der Waals surface area contributed by atoms with E-state index in [9.17, 15) is 15.0 Å². The zero-order chi connectivity index (χ0) is 22.9. The second kappa shape index (κ2) is 9.22. The van der Waals surface area contributed by atoms with Crippen molar-refractivity contribution in [3.05, 3.63) is 59.2 Å². The van der Waals surface area contributed by atoms with Crippen LogP contribution in [0.25, 0.3) is 0 Å². The highest BCUT2D eigenvalue weighted by molar-refractivity contribution is 5.96. The van der Waals surface area contributed by atoms with Gasteiger partial charge in [-0.2, -0.15) is 0 Å². The van der Waals surface area contributed by atoms with Gasteiger partial charge in [0.2, 0.25) is 5.91 Å². The van der Waals surface area contributed by atoms with Gasteiger partial charge in [-0.1, -0.05) is 44.2 Å². The highest BCUT2D eigenvalue weighted by atomic mass is 16.5. The fourth-order valence-electron chi connectivity index (χ4n) is 5.05. The number of ether oxygens (including phenoxy) is 1. The van der Waals surface area contributed by atoms with Crippen LogP contribution >= 0.6 is 0 Å². The van der Waals surface area contributed by atoms with Crippen LogP contribution in [0.3, 0.4) is 0 Å². The number of hydrogen-bond acceptors (Lipinski definition) is 5. The molecule has 0 saturated carbocycles. The van der Waals surface area contributed by atoms with E-state index in [1.165, 1.54) is 0 Å². The number of piperidine rings is 1. The fraction of sp³-hybridized carbons (Fsp3) is 0.500. The number of carbonyl (C=O) groups is 1. The van der Waals surface area contributed by atoms with Crippen LogP contribution in [0.1, 0.15) is 49.5 Å². The van der Waals surface area contributed by atoms with E-state index in [4.69, 9.17) is 4.74 Å². The van der Waals surface area contributed by atoms with Crippen molar-refractivity contribution in [3.8, 4) is 5.75 Å². The molecule has 4 rings (SSSR count). The molecule has 1 amide bonds. The lowest BCUT2D eigenvalue weighted by molar-refractivity contribution is -0.121. The van der Waals surface area contributed by atoms with Gasteiger partial charge in [0.25, 0.3) is 0 Å². The molecule has 0 radical (unpaired) electrons. The van der Waals surface area contributed by atoms with Crippen LogP contribution in [-0.2, 0) is 16.8 Å². The van der Waals surface area contributed by atoms with Gasteiger partial charge in [-0.15, -0.1) is 0 Å². The van der Waals surface area contributed by atoms with E-state index in [0.717, 1.165) is 41.8 Å². The van der Waals surface area contributed by atoms with E-state index in [1.807, 2.05) is 61.2 Å². The molecule has 2 heterocycles. The number of anilines is 1. The zero-order valence-electron chi connectivity index (χ0n) is 19.3. The maximum absolute atomic E-state index is 12.5. The van der Waals surface area contributed by atoms with E-state index >= 15 is 0 Å². The lowest BCUT2D eigenvalue weighted by Crippen LogP contribution is -2.47. The summed E-state index contributed by atoms with van der Waals surface area (Å²) in [6, 6.07) is 13.5. The minimum absolute atomic E-state index is 0.0349. The maximum Gasteiger partial charge on any atom is 0.229 e. The lowest BCUT2D eigenvalue weighted by atomic mass is 9.85. The van der Waals surface area contributed by atoms with Gasteiger partial charge < -0.3 is 19.8 Å². The first-order valence-corrected chi connectivity index (χ1v) is 11.5. The predicted molar refractivity (Wildman–Crippen MR) is 125 cm³/mol. The molecule has 2 aromatic rings. The number of aliphatic hydroxyl groups excluding tert-OH is 1. The molecule has 6 heteroatoms. The number of benzene rings is 2. The molecule has 2 aromatic carbocycles. The summed E-state index contributed by atoms with van der Waals surface area (Å²) in [6.45, 7) is 6.27. The van der Waals surface area contributed by atoms with Gasteiger partial charge in [0.15, 0.2) is 0 Å². The number of carbonyl (C=O) groups excluding carboxylic acids is 1. The molecule has 6 nitrogen and oxygen atoms in total. The molecule has 1 saturated heterocycles. The minimum Gasteiger partial charge on any atom is -0.496 e. The highest BCUT2D eigenvalue weighted by Gasteiger charge is 2.37. The van der Waals surface area contributed by atoms with Gasteiger partial charge in [-0.25, -0.2) is 0 Å². The first-order valence-electron chi connectivity index (χ1n) is 11.5. The Labute approximate surface area is 190 Å². The molecule has 2 aliphatic heterocycles. The number of likely N-dealkylation sites (tertiary alicyclic amines) is 1. The number of aliphatic hydroxyl groups is 2. The van der Waals surface area contributed by atoms with E-state index in [-0.39, 0.29) is 11.8 Å². The Balaban J connectivity index is 1.46. The third-order valence-corrected chi connectivity index (χ3v) is 6.73. The van der Waals surface area contributed by atoms with E-state index in [2.05, 4.69) is 4.90 Å². The summed E-state index contributed by atoms with van der Waals surface area (Å²) in [4.78, 5) is 16.4. The molecule has 0 bridgehead atoms. The summed E-state index contributed by atoms with van der Waals surface area (Å²) < 4.78 is 5.48. The van der Waals surface area contributed by atoms with Gasteiger partial charge >= 0.3 is 0 Å². The van der Waals surface area contributed by atoms with Crippen molar-refractivity contribution in [1.82, 2.24) is 4.90 Å². The molecular weight excluding hydrogens is 404 g/mol. The van der Waals surface area contributed by atoms with Gasteiger partial charge in [0.1, 0.15) is 11.4 Å². The topological polar surface area (TPSA) is 73.2 Å². The quantitative estimate of drug-likeness (QED) is 0.724. The van der Waals surface area contributed by atoms with Gasteiger partial charge in [-0.3, -0.25) is 9.69 Å². The number of para-hydroxylation sites is 1. The Morgan fingerprint density at radius 3 is 2.72 bits per heavy atom. The Morgan fingerprint density at radius 2 is 1.97 bits per heavy atom. The summed E-state index contributed by atoms with van der Waals surface area (Å²) in [5.41, 5.74) is 2.73. The number of hydrogen-bond donors (Lipinski definition) is 2. The van der Waals surface area contributed by atoms with Gasteiger partial charge in [-0.05, 0) is 49.1 Å². The van der Waals surface area contributed by atoms with Crippen molar-refractivity contribution in [2.75, 3.05) is 38.2 Å². The summed E-state index contributed by atoms with van der Waals surface area (Å²) in [5, 5.41) is 22.4. The molecule has 32 heavy (non-hydrogen) atoms. The Morgan fingerprint density at radius 1 is 1.19 bits per heavy atom. The number of fused-ring (bicyclic) bond motifs is 1. The monoisotopic (exact) mass is 438 g/mol. The molecule has 0 aromatic heterocycles. The zero-order valence-corrected chi connectivity index (χ0v) is 19.3. The fourth-order valence-corrected chi connectivity index (χ4v) is 5.05. The standard InChI is InChI=1S/C26H34N2O4/c1-18(2)25(30)28-14-11-19-15-20(9-10-22(19)28)23(29)16-27-13-6-12-26(31,17-27)21-7-4-5-8-24(21)32-3/h4-5,7-10,15,18,23,29,31H,6,11-14,16-17H2,1-3H3/t23-,26-/m1/s1. The number of amides is 1. The number of methoxy groups -OCH3 is 1. The van der Waals surface area contributed by atoms with Crippen molar-refractivity contribution in [2.24, 2.45) is 5.92 Å². The third-order valence-electron chi connectivity index (χ3n) is 6.73. The van der Waals surface area contributed by atoms with Crippen molar-refractivity contribution in [2.45, 2.75) is 44.8 Å². The van der Waals surface area contributed by atoms with Crippen molar-refractivity contribution in [1.29, 1.82) is 0 Å². The van der Waals surface area contributed by atoms with Crippen LogP contribution in [0, 0.1) is 5.92 Å². The summed E-state index contributed by atoms with van der Waals surface area (Å²) in [5.74, 6) is 0.796. The molecule has 0 aliphatic carbocycles. The average Bonchev–Trinajstić information content (AvgIpc) is 3.21. The van der Waals surface area contributed by atoms with Crippen LogP contribution < -0.4 is 9.64 Å². The van der Waals surface area contributed by atoms with Crippen LogP contribution in [0.4, 0.5) is 5.69 Å². The lowest BCUT2D eigenvalue weighted by Gasteiger charge is -2.40. The number of β-amino-alcohol motifs (C(OH)–C–C–N with tert-alkyl or cyclic N) is 2. The summed E-state index contributed by atoms with van der Waals surface area (Å²) in [6.07, 6.45) is 1.66. The van der Waals surface area contributed by atoms with E-state index in [0.29, 0.717) is 31.8 Å². The first kappa shape index (κ1) is 22.8. The van der Waals surface area contributed by atoms with Crippen LogP contribution in [0.2, 0.25) is 0 Å². The van der Waals surface area contributed by atoms with E-state index in [1.54, 1.807) is 7.11 Å². The van der Waals surface area contributed by atoms with Crippen LogP contribution in [0.5, 0.6) is 5.75 Å². The number of rotatable bonds is 6. The molecule has 172 valence electrons. The first-order chi connectivity index (χ1) is 15.3. The molecule has 1 fully saturated rings. The van der Waals surface area contributed by atoms with Gasteiger partial charge in [0, 0.05) is 36.8 Å². The van der Waals surface area contributed by atoms with Crippen molar-refractivity contribution in [3.63, 3.8) is 0 Å². The summed E-state index contributed by atoms with van der Waals surface area (Å²) >= 11 is 0. The Bertz CT molecular complexity index is 976. The molecule has 2 N–H and O–H groups in total. The van der Waals surface area contributed by atoms with Crippen molar-refractivity contribution >= 4 is 11.6 Å². The third kappa shape index (κ3) is 4.40. The predicted octanol–water partition coefficient (Wildman–Crippen LogP) is 3.26. The minimum atomic E-state index is -1.000. The Hall–Kier alpha value is -2.41. The smallest absolute Gasteiger partial charge is 0.229 e. The Kier molecular flexibility index (Phi) is 6.56. The summed E-state index contributed by atoms with van der Waals surface area (Å²) in [7, 11) is 1.62. The molecule has 0 spiro atoms. The molecular formula is C26H34N2O4. The van der Waals surface area contributed by atoms with Crippen molar-refractivity contribution < 1.29 is 19.7 Å². The molecule has 2 atom stereocenters. The number of nitrogens with zero attached hydrogens (tertiary/aromatic N) is 2. The molecule has 2 aliphatic rings. The second-order valence-electron chi connectivity index (χ2n) is 9.37. The second-order valence-corrected chi connectivity index (χ2v) is 9.37. The largest absolute Gasteiger partial charge is 0.496 e. The van der Waals surface area contributed by atoms with Gasteiger partial charge in [0.05, 0.1) is 13.2 Å². The van der Waals surface area contributed by atoms with E-state index < -0.39 is 11.7 Å². The average molecular weight is 439 g/mol. The normalized spacial score (nSPS) is 22.1.